The molecule has 0 atom stereocenters. The van der Waals surface area contributed by atoms with Crippen molar-refractivity contribution < 1.29 is 21.6 Å². The highest BCUT2D eigenvalue weighted by molar-refractivity contribution is 7.91. The van der Waals surface area contributed by atoms with Crippen molar-refractivity contribution >= 4 is 31.5 Å². The van der Waals surface area contributed by atoms with E-state index >= 15 is 0 Å². The van der Waals surface area contributed by atoms with E-state index in [-0.39, 0.29) is 21.1 Å². The maximum Gasteiger partial charge on any atom is 0.259 e. The Morgan fingerprint density at radius 2 is 1.67 bits per heavy atom. The van der Waals surface area contributed by atoms with Crippen LogP contribution >= 0.6 is 0 Å². The molecule has 30 heavy (non-hydrogen) atoms. The molecule has 1 amide bonds. The number of rotatable bonds is 7. The number of benzene rings is 2. The van der Waals surface area contributed by atoms with Crippen LogP contribution in [0.2, 0.25) is 0 Å². The molecule has 7 nitrogen and oxygen atoms in total. The van der Waals surface area contributed by atoms with Gasteiger partial charge in [0.1, 0.15) is 0 Å². The van der Waals surface area contributed by atoms with E-state index in [1.165, 1.54) is 27.4 Å². The lowest BCUT2D eigenvalue weighted by Crippen LogP contribution is -2.31. The smallest absolute Gasteiger partial charge is 0.259 e. The lowest BCUT2D eigenvalue weighted by molar-refractivity contribution is 0.0986. The Bertz CT molecular complexity index is 1170. The molecule has 0 N–H and O–H groups in total. The van der Waals surface area contributed by atoms with E-state index in [0.29, 0.717) is 31.7 Å². The molecule has 0 saturated heterocycles. The number of sulfone groups is 1. The maximum absolute atomic E-state index is 13.2. The summed E-state index contributed by atoms with van der Waals surface area (Å²) in [5.74, 6) is -0.499. The number of nitrogens with zero attached hydrogens (tertiary/aromatic N) is 2. The minimum atomic E-state index is -3.59. The van der Waals surface area contributed by atoms with Crippen LogP contribution < -0.4 is 4.90 Å². The Morgan fingerprint density at radius 1 is 1.00 bits per heavy atom. The molecule has 1 heterocycles. The quantitative estimate of drug-likeness (QED) is 0.647. The van der Waals surface area contributed by atoms with Crippen LogP contribution in [-0.2, 0) is 26.3 Å². The van der Waals surface area contributed by atoms with E-state index < -0.39 is 25.8 Å². The third kappa shape index (κ3) is 3.89. The molecule has 0 aromatic heterocycles. The summed E-state index contributed by atoms with van der Waals surface area (Å²) in [5.41, 5.74) is 1.50. The highest BCUT2D eigenvalue weighted by Crippen LogP contribution is 2.33. The number of hydrogen-bond acceptors (Lipinski definition) is 5. The van der Waals surface area contributed by atoms with Gasteiger partial charge in [0.05, 0.1) is 21.1 Å². The first-order valence-corrected chi connectivity index (χ1v) is 13.0. The zero-order chi connectivity index (χ0) is 22.1. The lowest BCUT2D eigenvalue weighted by Gasteiger charge is -2.21. The molecule has 162 valence electrons. The maximum atomic E-state index is 13.2. The first-order valence-electron chi connectivity index (χ1n) is 9.94. The molecule has 2 aromatic carbocycles. The molecule has 3 rings (SSSR count). The van der Waals surface area contributed by atoms with Gasteiger partial charge in [-0.15, -0.1) is 0 Å². The second-order valence-corrected chi connectivity index (χ2v) is 11.2. The number of amides is 1. The third-order valence-corrected chi connectivity index (χ3v) is 9.20. The molecule has 1 aliphatic rings. The van der Waals surface area contributed by atoms with E-state index in [9.17, 15) is 21.6 Å². The van der Waals surface area contributed by atoms with Gasteiger partial charge in [-0.3, -0.25) is 4.79 Å². The fourth-order valence-corrected chi connectivity index (χ4v) is 6.27. The van der Waals surface area contributed by atoms with Gasteiger partial charge in [0.25, 0.3) is 5.91 Å². The van der Waals surface area contributed by atoms with E-state index in [2.05, 4.69) is 0 Å². The Balaban J connectivity index is 1.99. The van der Waals surface area contributed by atoms with Gasteiger partial charge in [0.2, 0.25) is 10.0 Å². The van der Waals surface area contributed by atoms with E-state index in [1.54, 1.807) is 45.0 Å². The fourth-order valence-electron chi connectivity index (χ4n) is 3.68. The first-order chi connectivity index (χ1) is 14.2. The summed E-state index contributed by atoms with van der Waals surface area (Å²) in [6, 6.07) is 11.0. The van der Waals surface area contributed by atoms with Crippen molar-refractivity contribution in [2.75, 3.05) is 30.3 Å². The van der Waals surface area contributed by atoms with Gasteiger partial charge in [-0.25, -0.2) is 16.8 Å². The predicted molar refractivity (Wildman–Crippen MR) is 116 cm³/mol. The van der Waals surface area contributed by atoms with Crippen molar-refractivity contribution in [1.82, 2.24) is 4.31 Å². The van der Waals surface area contributed by atoms with Crippen molar-refractivity contribution in [3.05, 3.63) is 53.6 Å². The Labute approximate surface area is 178 Å². The average Bonchev–Trinajstić information content (AvgIpc) is 3.17. The third-order valence-electron chi connectivity index (χ3n) is 5.37. The van der Waals surface area contributed by atoms with Crippen molar-refractivity contribution in [1.29, 1.82) is 0 Å². The summed E-state index contributed by atoms with van der Waals surface area (Å²) in [6.07, 6.45) is 0.505. The number of sulfonamides is 1. The summed E-state index contributed by atoms with van der Waals surface area (Å²) in [7, 11) is -7.15. The highest BCUT2D eigenvalue weighted by atomic mass is 32.2. The molecular formula is C21H26N2O5S2. The van der Waals surface area contributed by atoms with Gasteiger partial charge in [-0.05, 0) is 42.3 Å². The lowest BCUT2D eigenvalue weighted by atomic mass is 10.1. The molecule has 0 spiro atoms. The molecule has 0 unspecified atom stereocenters. The van der Waals surface area contributed by atoms with E-state index in [4.69, 9.17) is 0 Å². The summed E-state index contributed by atoms with van der Waals surface area (Å²) < 4.78 is 51.8. The predicted octanol–water partition coefficient (Wildman–Crippen LogP) is 2.71. The van der Waals surface area contributed by atoms with Gasteiger partial charge < -0.3 is 4.90 Å². The fraction of sp³-hybridized carbons (Fsp3) is 0.381. The molecule has 1 aliphatic heterocycles. The number of fused-ring (bicyclic) bond motifs is 1. The van der Waals surface area contributed by atoms with Gasteiger partial charge in [-0.2, -0.15) is 4.31 Å². The van der Waals surface area contributed by atoms with Gasteiger partial charge in [0.15, 0.2) is 9.84 Å². The monoisotopic (exact) mass is 450 g/mol. The number of carbonyl (C=O) groups excluding carboxylic acids is 1. The van der Waals surface area contributed by atoms with Crippen LogP contribution in [0.25, 0.3) is 0 Å². The second-order valence-electron chi connectivity index (χ2n) is 6.99. The SMILES string of the molecule is CCN(CC)S(=O)(=O)c1ccc2c(c1)CCN2C(=O)c1ccccc1S(=O)(=O)CC. The zero-order valence-corrected chi connectivity index (χ0v) is 19.0. The van der Waals surface area contributed by atoms with Gasteiger partial charge >= 0.3 is 0 Å². The van der Waals surface area contributed by atoms with Crippen molar-refractivity contribution in [3.8, 4) is 0 Å². The van der Waals surface area contributed by atoms with Crippen LogP contribution in [0.5, 0.6) is 0 Å². The van der Waals surface area contributed by atoms with Crippen molar-refractivity contribution in [2.24, 2.45) is 0 Å². The number of hydrogen-bond donors (Lipinski definition) is 0. The Hall–Kier alpha value is -2.23. The topological polar surface area (TPSA) is 91.8 Å². The van der Waals surface area contributed by atoms with Crippen LogP contribution in [0.3, 0.4) is 0 Å². The molecule has 0 bridgehead atoms. The van der Waals surface area contributed by atoms with E-state index in [0.717, 1.165) is 5.56 Å². The van der Waals surface area contributed by atoms with Gasteiger partial charge in [-0.1, -0.05) is 32.9 Å². The standard InChI is InChI=1S/C21H26N2O5S2/c1-4-22(5-2)30(27,28)17-11-12-19-16(15-17)13-14-23(19)21(24)18-9-7-8-10-20(18)29(25,26)6-3/h7-12,15H,4-6,13-14H2,1-3H3. The Kier molecular flexibility index (Phi) is 6.35. The number of anilines is 1. The molecule has 2 aromatic rings. The molecular weight excluding hydrogens is 424 g/mol. The molecule has 0 aliphatic carbocycles. The van der Waals surface area contributed by atoms with Crippen LogP contribution in [-0.4, -0.2) is 52.4 Å². The van der Waals surface area contributed by atoms with Crippen LogP contribution in [0.1, 0.15) is 36.7 Å². The van der Waals surface area contributed by atoms with E-state index in [1.807, 2.05) is 0 Å². The minimum Gasteiger partial charge on any atom is -0.308 e. The average molecular weight is 451 g/mol. The first kappa shape index (κ1) is 22.5. The zero-order valence-electron chi connectivity index (χ0n) is 17.3. The highest BCUT2D eigenvalue weighted by Gasteiger charge is 2.31. The van der Waals surface area contributed by atoms with Crippen molar-refractivity contribution in [3.63, 3.8) is 0 Å². The molecule has 0 fully saturated rings. The van der Waals surface area contributed by atoms with Crippen LogP contribution in [0, 0.1) is 0 Å². The normalized spacial score (nSPS) is 14.2. The molecule has 0 radical (unpaired) electrons. The summed E-state index contributed by atoms with van der Waals surface area (Å²) in [4.78, 5) is 15.0. The second kappa shape index (κ2) is 8.49. The summed E-state index contributed by atoms with van der Waals surface area (Å²) in [5, 5.41) is 0. The van der Waals surface area contributed by atoms with Crippen LogP contribution in [0.15, 0.2) is 52.3 Å². The summed E-state index contributed by atoms with van der Waals surface area (Å²) >= 11 is 0. The largest absolute Gasteiger partial charge is 0.308 e. The van der Waals surface area contributed by atoms with Gasteiger partial charge in [0, 0.05) is 25.3 Å². The van der Waals surface area contributed by atoms with Crippen molar-refractivity contribution in [2.45, 2.75) is 37.0 Å². The minimum absolute atomic E-state index is 0.0201. The molecule has 9 heteroatoms. The van der Waals surface area contributed by atoms with Crippen LogP contribution in [0.4, 0.5) is 5.69 Å². The Morgan fingerprint density at radius 3 is 2.30 bits per heavy atom. The number of carbonyl (C=O) groups is 1. The summed E-state index contributed by atoms with van der Waals surface area (Å²) in [6.45, 7) is 6.24. The molecule has 0 saturated carbocycles.